The van der Waals surface area contributed by atoms with Gasteiger partial charge in [0.25, 0.3) is 5.91 Å². The van der Waals surface area contributed by atoms with Gasteiger partial charge in [0.1, 0.15) is 5.78 Å². The van der Waals surface area contributed by atoms with E-state index in [-0.39, 0.29) is 30.4 Å². The van der Waals surface area contributed by atoms with E-state index >= 15 is 0 Å². The summed E-state index contributed by atoms with van der Waals surface area (Å²) >= 11 is 0. The molecule has 118 valence electrons. The normalized spacial score (nSPS) is 15.3. The second-order valence-electron chi connectivity index (χ2n) is 5.46. The molecule has 2 rings (SSSR count). The van der Waals surface area contributed by atoms with Crippen LogP contribution in [0.25, 0.3) is 0 Å². The first-order valence-corrected chi connectivity index (χ1v) is 7.54. The van der Waals surface area contributed by atoms with Crippen molar-refractivity contribution >= 4 is 17.6 Å². The summed E-state index contributed by atoms with van der Waals surface area (Å²) in [5.41, 5.74) is 0.617. The van der Waals surface area contributed by atoms with Crippen LogP contribution >= 0.6 is 0 Å². The molecule has 0 aromatic carbocycles. The number of carbonyl (C=O) groups is 3. The Morgan fingerprint density at radius 2 is 1.64 bits per heavy atom. The van der Waals surface area contributed by atoms with Crippen LogP contribution in [0.15, 0.2) is 24.5 Å². The molecule has 0 spiro atoms. The Morgan fingerprint density at radius 1 is 1.00 bits per heavy atom. The highest BCUT2D eigenvalue weighted by Gasteiger charge is 2.22. The summed E-state index contributed by atoms with van der Waals surface area (Å²) in [6, 6.07) is 3.39. The molecule has 0 saturated carbocycles. The molecule has 1 saturated heterocycles. The quantitative estimate of drug-likeness (QED) is 0.836. The van der Waals surface area contributed by atoms with Crippen LogP contribution in [0.2, 0.25) is 0 Å². The van der Waals surface area contributed by atoms with Crippen molar-refractivity contribution in [2.75, 3.05) is 26.2 Å². The summed E-state index contributed by atoms with van der Waals surface area (Å²) in [7, 11) is 0. The fraction of sp³-hybridized carbons (Fsp3) is 0.500. The number of nitrogens with zero attached hydrogens (tertiary/aromatic N) is 3. The molecule has 6 heteroatoms. The Kier molecular flexibility index (Phi) is 5.63. The predicted molar refractivity (Wildman–Crippen MR) is 81.3 cm³/mol. The maximum atomic E-state index is 12.4. The van der Waals surface area contributed by atoms with Crippen molar-refractivity contribution in [3.8, 4) is 0 Å². The van der Waals surface area contributed by atoms with E-state index in [9.17, 15) is 14.4 Å². The number of carbonyl (C=O) groups excluding carboxylic acids is 3. The molecule has 2 amide bonds. The van der Waals surface area contributed by atoms with Gasteiger partial charge in [-0.25, -0.2) is 0 Å². The standard InChI is InChI=1S/C16H21N3O3/c1-13(20)3-4-15(21)18-9-2-10-19(12-11-18)16(22)14-5-7-17-8-6-14/h5-8H,2-4,9-12H2,1H3. The Hall–Kier alpha value is -2.24. The molecule has 0 bridgehead atoms. The SMILES string of the molecule is CC(=O)CCC(=O)N1CCCN(C(=O)c2ccncc2)CC1. The van der Waals surface area contributed by atoms with Gasteiger partial charge in [-0.3, -0.25) is 14.6 Å². The van der Waals surface area contributed by atoms with Crippen LogP contribution in [0.1, 0.15) is 36.5 Å². The number of aromatic nitrogens is 1. The van der Waals surface area contributed by atoms with Crippen molar-refractivity contribution in [3.05, 3.63) is 30.1 Å². The summed E-state index contributed by atoms with van der Waals surface area (Å²) in [5, 5.41) is 0. The largest absolute Gasteiger partial charge is 0.341 e. The molecule has 1 aliphatic heterocycles. The Morgan fingerprint density at radius 3 is 2.32 bits per heavy atom. The zero-order chi connectivity index (χ0) is 15.9. The average molecular weight is 303 g/mol. The third-order valence-electron chi connectivity index (χ3n) is 3.75. The number of hydrogen-bond acceptors (Lipinski definition) is 4. The molecule has 6 nitrogen and oxygen atoms in total. The lowest BCUT2D eigenvalue weighted by Gasteiger charge is -2.22. The summed E-state index contributed by atoms with van der Waals surface area (Å²) in [5.74, 6) is -0.00786. The summed E-state index contributed by atoms with van der Waals surface area (Å²) in [6.07, 6.45) is 4.50. The van der Waals surface area contributed by atoms with E-state index in [1.54, 1.807) is 34.3 Å². The van der Waals surface area contributed by atoms with E-state index < -0.39 is 0 Å². The van der Waals surface area contributed by atoms with E-state index in [1.165, 1.54) is 6.92 Å². The first-order valence-electron chi connectivity index (χ1n) is 7.54. The molecular formula is C16H21N3O3. The molecule has 0 N–H and O–H groups in total. The first kappa shape index (κ1) is 16.1. The van der Waals surface area contributed by atoms with Crippen molar-refractivity contribution in [2.24, 2.45) is 0 Å². The Balaban J connectivity index is 1.91. The lowest BCUT2D eigenvalue weighted by molar-refractivity contribution is -0.132. The second kappa shape index (κ2) is 7.68. The fourth-order valence-corrected chi connectivity index (χ4v) is 2.49. The van der Waals surface area contributed by atoms with Crippen LogP contribution in [-0.4, -0.2) is 58.6 Å². The third-order valence-corrected chi connectivity index (χ3v) is 3.75. The Labute approximate surface area is 130 Å². The second-order valence-corrected chi connectivity index (χ2v) is 5.46. The first-order chi connectivity index (χ1) is 10.6. The van der Waals surface area contributed by atoms with Crippen molar-refractivity contribution in [3.63, 3.8) is 0 Å². The number of amides is 2. The summed E-state index contributed by atoms with van der Waals surface area (Å²) in [6.45, 7) is 3.81. The highest BCUT2D eigenvalue weighted by molar-refractivity contribution is 5.94. The van der Waals surface area contributed by atoms with Crippen LogP contribution in [0.4, 0.5) is 0 Å². The molecule has 0 aliphatic carbocycles. The minimum atomic E-state index is -0.0274. The van der Waals surface area contributed by atoms with E-state index in [1.807, 2.05) is 0 Å². The number of ketones is 1. The summed E-state index contributed by atoms with van der Waals surface area (Å²) < 4.78 is 0. The van der Waals surface area contributed by atoms with Gasteiger partial charge in [0.05, 0.1) is 0 Å². The van der Waals surface area contributed by atoms with E-state index in [4.69, 9.17) is 0 Å². The predicted octanol–water partition coefficient (Wildman–Crippen LogP) is 1.13. The topological polar surface area (TPSA) is 70.6 Å². The van der Waals surface area contributed by atoms with Gasteiger partial charge in [-0.05, 0) is 25.5 Å². The van der Waals surface area contributed by atoms with Gasteiger partial charge in [-0.1, -0.05) is 0 Å². The van der Waals surface area contributed by atoms with Crippen molar-refractivity contribution in [1.29, 1.82) is 0 Å². The van der Waals surface area contributed by atoms with Gasteiger partial charge in [-0.2, -0.15) is 0 Å². The molecule has 22 heavy (non-hydrogen) atoms. The van der Waals surface area contributed by atoms with Crippen LogP contribution in [0.3, 0.4) is 0 Å². The fourth-order valence-electron chi connectivity index (χ4n) is 2.49. The van der Waals surface area contributed by atoms with Gasteiger partial charge in [-0.15, -0.1) is 0 Å². The third kappa shape index (κ3) is 4.38. The number of rotatable bonds is 4. The number of pyridine rings is 1. The lowest BCUT2D eigenvalue weighted by Crippen LogP contribution is -2.37. The molecule has 0 radical (unpaired) electrons. The van der Waals surface area contributed by atoms with Gasteiger partial charge < -0.3 is 14.6 Å². The molecule has 1 fully saturated rings. The highest BCUT2D eigenvalue weighted by Crippen LogP contribution is 2.10. The van der Waals surface area contributed by atoms with E-state index in [0.29, 0.717) is 31.7 Å². The molecule has 1 aromatic heterocycles. The molecule has 1 aromatic rings. The minimum absolute atomic E-state index is 0.00610. The number of hydrogen-bond donors (Lipinski definition) is 0. The van der Waals surface area contributed by atoms with Gasteiger partial charge >= 0.3 is 0 Å². The van der Waals surface area contributed by atoms with Gasteiger partial charge in [0.15, 0.2) is 0 Å². The van der Waals surface area contributed by atoms with Crippen molar-refractivity contribution in [1.82, 2.24) is 14.8 Å². The van der Waals surface area contributed by atoms with Crippen LogP contribution < -0.4 is 0 Å². The number of Topliss-reactive ketones (excluding diaryl/α,β-unsaturated/α-hetero) is 1. The van der Waals surface area contributed by atoms with Crippen LogP contribution in [0, 0.1) is 0 Å². The van der Waals surface area contributed by atoms with Crippen LogP contribution in [-0.2, 0) is 9.59 Å². The highest BCUT2D eigenvalue weighted by atomic mass is 16.2. The van der Waals surface area contributed by atoms with Crippen molar-refractivity contribution < 1.29 is 14.4 Å². The molecule has 0 atom stereocenters. The monoisotopic (exact) mass is 303 g/mol. The molecule has 1 aliphatic rings. The molecule has 0 unspecified atom stereocenters. The minimum Gasteiger partial charge on any atom is -0.341 e. The lowest BCUT2D eigenvalue weighted by atomic mass is 10.2. The van der Waals surface area contributed by atoms with Crippen molar-refractivity contribution in [2.45, 2.75) is 26.2 Å². The zero-order valence-corrected chi connectivity index (χ0v) is 12.8. The maximum absolute atomic E-state index is 12.4. The van der Waals surface area contributed by atoms with Gasteiger partial charge in [0, 0.05) is 57.0 Å². The summed E-state index contributed by atoms with van der Waals surface area (Å²) in [4.78, 5) is 42.9. The molecule has 2 heterocycles. The van der Waals surface area contributed by atoms with Gasteiger partial charge in [0.2, 0.25) is 5.91 Å². The maximum Gasteiger partial charge on any atom is 0.254 e. The zero-order valence-electron chi connectivity index (χ0n) is 12.8. The Bertz CT molecular complexity index is 545. The van der Waals surface area contributed by atoms with E-state index in [2.05, 4.69) is 4.98 Å². The average Bonchev–Trinajstić information content (AvgIpc) is 2.78. The molecular weight excluding hydrogens is 282 g/mol. The smallest absolute Gasteiger partial charge is 0.254 e. The van der Waals surface area contributed by atoms with Crippen LogP contribution in [0.5, 0.6) is 0 Å². The van der Waals surface area contributed by atoms with E-state index in [0.717, 1.165) is 6.42 Å².